The fourth-order valence-corrected chi connectivity index (χ4v) is 2.45. The zero-order chi connectivity index (χ0) is 13.0. The first kappa shape index (κ1) is 13.1. The standard InChI is InChI=1S/C14H23N3O/c1-11-3-4-13(17(11)2)10-16-14(18)9-12-5-7-15-8-6-12/h3-4,12,15H,5-10H2,1-2H3,(H,16,18). The van der Waals surface area contributed by atoms with Gasteiger partial charge in [-0.25, -0.2) is 0 Å². The monoisotopic (exact) mass is 249 g/mol. The van der Waals surface area contributed by atoms with Crippen LogP contribution in [0.1, 0.15) is 30.7 Å². The molecule has 2 rings (SSSR count). The topological polar surface area (TPSA) is 46.1 Å². The van der Waals surface area contributed by atoms with Crippen LogP contribution >= 0.6 is 0 Å². The average Bonchev–Trinajstić information content (AvgIpc) is 2.69. The Labute approximate surface area is 109 Å². The van der Waals surface area contributed by atoms with Gasteiger partial charge in [0.1, 0.15) is 0 Å². The second-order valence-corrected chi connectivity index (χ2v) is 5.20. The smallest absolute Gasteiger partial charge is 0.220 e. The van der Waals surface area contributed by atoms with E-state index in [2.05, 4.69) is 34.3 Å². The molecule has 1 aliphatic heterocycles. The highest BCUT2D eigenvalue weighted by Crippen LogP contribution is 2.15. The average molecular weight is 249 g/mol. The molecule has 1 saturated heterocycles. The lowest BCUT2D eigenvalue weighted by atomic mass is 9.94. The summed E-state index contributed by atoms with van der Waals surface area (Å²) < 4.78 is 2.12. The Bertz CT molecular complexity index is 405. The maximum Gasteiger partial charge on any atom is 0.220 e. The van der Waals surface area contributed by atoms with Crippen molar-refractivity contribution >= 4 is 5.91 Å². The molecule has 4 heteroatoms. The number of carbonyl (C=O) groups is 1. The second-order valence-electron chi connectivity index (χ2n) is 5.20. The van der Waals surface area contributed by atoms with E-state index in [1.165, 1.54) is 5.69 Å². The molecular formula is C14H23N3O. The molecule has 1 aliphatic rings. The van der Waals surface area contributed by atoms with E-state index in [1.54, 1.807) is 0 Å². The Morgan fingerprint density at radius 2 is 2.17 bits per heavy atom. The van der Waals surface area contributed by atoms with Gasteiger partial charge in [0.25, 0.3) is 0 Å². The highest BCUT2D eigenvalue weighted by Gasteiger charge is 2.16. The van der Waals surface area contributed by atoms with Gasteiger partial charge in [-0.1, -0.05) is 0 Å². The zero-order valence-electron chi connectivity index (χ0n) is 11.3. The van der Waals surface area contributed by atoms with Crippen LogP contribution in [-0.2, 0) is 18.4 Å². The van der Waals surface area contributed by atoms with Gasteiger partial charge in [0.05, 0.1) is 6.54 Å². The van der Waals surface area contributed by atoms with Crippen molar-refractivity contribution in [1.82, 2.24) is 15.2 Å². The fraction of sp³-hybridized carbons (Fsp3) is 0.643. The van der Waals surface area contributed by atoms with Crippen molar-refractivity contribution < 1.29 is 4.79 Å². The first-order valence-electron chi connectivity index (χ1n) is 6.75. The minimum Gasteiger partial charge on any atom is -0.351 e. The molecule has 0 radical (unpaired) electrons. The minimum absolute atomic E-state index is 0.181. The molecule has 0 unspecified atom stereocenters. The number of nitrogens with one attached hydrogen (secondary N) is 2. The number of nitrogens with zero attached hydrogens (tertiary/aromatic N) is 1. The number of aromatic nitrogens is 1. The summed E-state index contributed by atoms with van der Waals surface area (Å²) in [7, 11) is 2.03. The summed E-state index contributed by atoms with van der Waals surface area (Å²) in [6.45, 7) is 4.80. The summed E-state index contributed by atoms with van der Waals surface area (Å²) in [5.41, 5.74) is 2.38. The Morgan fingerprint density at radius 3 is 2.78 bits per heavy atom. The Morgan fingerprint density at radius 1 is 1.44 bits per heavy atom. The second kappa shape index (κ2) is 6.05. The number of piperidine rings is 1. The third-order valence-corrected chi connectivity index (χ3v) is 3.88. The normalized spacial score (nSPS) is 16.8. The molecule has 1 amide bonds. The van der Waals surface area contributed by atoms with Gasteiger partial charge in [0.15, 0.2) is 0 Å². The summed E-state index contributed by atoms with van der Waals surface area (Å²) >= 11 is 0. The first-order valence-corrected chi connectivity index (χ1v) is 6.75. The van der Waals surface area contributed by atoms with E-state index in [0.717, 1.165) is 31.6 Å². The molecule has 2 heterocycles. The van der Waals surface area contributed by atoms with Gasteiger partial charge >= 0.3 is 0 Å². The lowest BCUT2D eigenvalue weighted by Gasteiger charge is -2.21. The summed E-state index contributed by atoms with van der Waals surface area (Å²) in [6.07, 6.45) is 2.92. The third kappa shape index (κ3) is 3.35. The van der Waals surface area contributed by atoms with Gasteiger partial charge in [-0.3, -0.25) is 4.79 Å². The van der Waals surface area contributed by atoms with Crippen LogP contribution in [0.25, 0.3) is 0 Å². The van der Waals surface area contributed by atoms with Crippen molar-refractivity contribution in [1.29, 1.82) is 0 Å². The molecule has 1 fully saturated rings. The fourth-order valence-electron chi connectivity index (χ4n) is 2.45. The van der Waals surface area contributed by atoms with Crippen molar-refractivity contribution in [2.24, 2.45) is 13.0 Å². The molecule has 0 atom stereocenters. The van der Waals surface area contributed by atoms with Crippen LogP contribution in [0.15, 0.2) is 12.1 Å². The number of hydrogen-bond acceptors (Lipinski definition) is 2. The molecule has 0 saturated carbocycles. The van der Waals surface area contributed by atoms with E-state index in [1.807, 2.05) is 7.05 Å². The molecule has 2 N–H and O–H groups in total. The molecular weight excluding hydrogens is 226 g/mol. The molecule has 1 aromatic rings. The molecule has 4 nitrogen and oxygen atoms in total. The van der Waals surface area contributed by atoms with Crippen molar-refractivity contribution in [3.05, 3.63) is 23.5 Å². The number of hydrogen-bond donors (Lipinski definition) is 2. The van der Waals surface area contributed by atoms with Gasteiger partial charge in [0, 0.05) is 24.9 Å². The molecule has 0 aromatic carbocycles. The van der Waals surface area contributed by atoms with Crippen LogP contribution in [0.4, 0.5) is 0 Å². The summed E-state index contributed by atoms with van der Waals surface area (Å²) in [4.78, 5) is 11.9. The number of rotatable bonds is 4. The summed E-state index contributed by atoms with van der Waals surface area (Å²) in [5, 5.41) is 6.34. The van der Waals surface area contributed by atoms with Gasteiger partial charge in [0.2, 0.25) is 5.91 Å². The van der Waals surface area contributed by atoms with E-state index in [-0.39, 0.29) is 5.91 Å². The highest BCUT2D eigenvalue weighted by atomic mass is 16.1. The van der Waals surface area contributed by atoms with Crippen LogP contribution in [0, 0.1) is 12.8 Å². The van der Waals surface area contributed by atoms with Crippen molar-refractivity contribution in [2.45, 2.75) is 32.7 Å². The molecule has 18 heavy (non-hydrogen) atoms. The lowest BCUT2D eigenvalue weighted by Crippen LogP contribution is -2.32. The van der Waals surface area contributed by atoms with Crippen LogP contribution in [-0.4, -0.2) is 23.6 Å². The van der Waals surface area contributed by atoms with Crippen molar-refractivity contribution in [2.75, 3.05) is 13.1 Å². The van der Waals surface area contributed by atoms with Crippen LogP contribution in [0.5, 0.6) is 0 Å². The van der Waals surface area contributed by atoms with Gasteiger partial charge in [-0.05, 0) is 50.9 Å². The zero-order valence-corrected chi connectivity index (χ0v) is 11.3. The number of amides is 1. The summed E-state index contributed by atoms with van der Waals surface area (Å²) in [6, 6.07) is 4.15. The van der Waals surface area contributed by atoms with Crippen LogP contribution in [0.3, 0.4) is 0 Å². The first-order chi connectivity index (χ1) is 8.66. The Hall–Kier alpha value is -1.29. The van der Waals surface area contributed by atoms with E-state index in [4.69, 9.17) is 0 Å². The number of aryl methyl sites for hydroxylation is 1. The molecule has 0 spiro atoms. The van der Waals surface area contributed by atoms with Crippen LogP contribution in [0.2, 0.25) is 0 Å². The SMILES string of the molecule is Cc1ccc(CNC(=O)CC2CCNCC2)n1C. The Balaban J connectivity index is 1.76. The largest absolute Gasteiger partial charge is 0.351 e. The van der Waals surface area contributed by atoms with E-state index in [0.29, 0.717) is 18.9 Å². The van der Waals surface area contributed by atoms with Crippen LogP contribution < -0.4 is 10.6 Å². The predicted octanol–water partition coefficient (Wildman–Crippen LogP) is 1.34. The predicted molar refractivity (Wildman–Crippen MR) is 72.2 cm³/mol. The Kier molecular flexibility index (Phi) is 4.42. The molecule has 100 valence electrons. The van der Waals surface area contributed by atoms with Gasteiger partial charge in [-0.2, -0.15) is 0 Å². The third-order valence-electron chi connectivity index (χ3n) is 3.88. The maximum atomic E-state index is 11.9. The van der Waals surface area contributed by atoms with Gasteiger partial charge < -0.3 is 15.2 Å². The highest BCUT2D eigenvalue weighted by molar-refractivity contribution is 5.76. The van der Waals surface area contributed by atoms with Gasteiger partial charge in [-0.15, -0.1) is 0 Å². The van der Waals surface area contributed by atoms with E-state index >= 15 is 0 Å². The quantitative estimate of drug-likeness (QED) is 0.846. The number of carbonyl (C=O) groups excluding carboxylic acids is 1. The van der Waals surface area contributed by atoms with Crippen molar-refractivity contribution in [3.8, 4) is 0 Å². The van der Waals surface area contributed by atoms with E-state index < -0.39 is 0 Å². The van der Waals surface area contributed by atoms with Crippen molar-refractivity contribution in [3.63, 3.8) is 0 Å². The maximum absolute atomic E-state index is 11.9. The lowest BCUT2D eigenvalue weighted by molar-refractivity contribution is -0.122. The molecule has 0 aliphatic carbocycles. The summed E-state index contributed by atoms with van der Waals surface area (Å²) in [5.74, 6) is 0.738. The minimum atomic E-state index is 0.181. The molecule has 0 bridgehead atoms. The van der Waals surface area contributed by atoms with E-state index in [9.17, 15) is 4.79 Å². The molecule has 1 aromatic heterocycles.